The second-order valence-corrected chi connectivity index (χ2v) is 6.43. The second kappa shape index (κ2) is 7.61. The van der Waals surface area contributed by atoms with Crippen molar-refractivity contribution in [1.29, 1.82) is 0 Å². The van der Waals surface area contributed by atoms with E-state index < -0.39 is 17.5 Å². The van der Waals surface area contributed by atoms with Crippen LogP contribution in [0.2, 0.25) is 0 Å². The van der Waals surface area contributed by atoms with Gasteiger partial charge in [-0.3, -0.25) is 0 Å². The van der Waals surface area contributed by atoms with E-state index in [4.69, 9.17) is 0 Å². The predicted molar refractivity (Wildman–Crippen MR) is 93.7 cm³/mol. The van der Waals surface area contributed by atoms with Gasteiger partial charge in [-0.15, -0.1) is 6.58 Å². The summed E-state index contributed by atoms with van der Waals surface area (Å²) in [6.07, 6.45) is 6.79. The summed E-state index contributed by atoms with van der Waals surface area (Å²) in [4.78, 5) is 0. The molecule has 1 unspecified atom stereocenters. The van der Waals surface area contributed by atoms with Gasteiger partial charge in [-0.2, -0.15) is 0 Å². The fraction of sp³-hybridized carbons (Fsp3) is 0.273. The molecule has 0 saturated heterocycles. The molecule has 1 aliphatic rings. The molecular weight excluding hydrogens is 321 g/mol. The highest BCUT2D eigenvalue weighted by Gasteiger charge is 2.20. The normalized spacial score (nSPS) is 15.9. The Labute approximate surface area is 146 Å². The maximum absolute atomic E-state index is 14.4. The van der Waals surface area contributed by atoms with Crippen LogP contribution >= 0.6 is 0 Å². The van der Waals surface area contributed by atoms with Crippen LogP contribution in [0, 0.1) is 35.2 Å². The van der Waals surface area contributed by atoms with Crippen molar-refractivity contribution >= 4 is 0 Å². The van der Waals surface area contributed by atoms with E-state index in [9.17, 15) is 13.2 Å². The molecule has 25 heavy (non-hydrogen) atoms. The number of fused-ring (bicyclic) bond motifs is 1. The van der Waals surface area contributed by atoms with E-state index in [1.807, 2.05) is 6.08 Å². The SMILES string of the molecule is C=CCCC1CCc2cc(C#Cc3cccc(F)c3F)c(F)cc2C1. The van der Waals surface area contributed by atoms with Gasteiger partial charge in [0.05, 0.1) is 11.1 Å². The Kier molecular flexibility index (Phi) is 5.28. The fourth-order valence-electron chi connectivity index (χ4n) is 3.29. The van der Waals surface area contributed by atoms with E-state index >= 15 is 0 Å². The van der Waals surface area contributed by atoms with Gasteiger partial charge in [-0.25, -0.2) is 13.2 Å². The third kappa shape index (κ3) is 3.96. The Hall–Kier alpha value is -2.47. The van der Waals surface area contributed by atoms with Crippen molar-refractivity contribution < 1.29 is 13.2 Å². The van der Waals surface area contributed by atoms with Crippen molar-refractivity contribution in [2.45, 2.75) is 32.1 Å². The summed E-state index contributed by atoms with van der Waals surface area (Å²) in [6, 6.07) is 7.09. The van der Waals surface area contributed by atoms with Gasteiger partial charge in [0.25, 0.3) is 0 Å². The van der Waals surface area contributed by atoms with Crippen LogP contribution in [0.3, 0.4) is 0 Å². The average Bonchev–Trinajstić information content (AvgIpc) is 2.61. The minimum absolute atomic E-state index is 0.0680. The van der Waals surface area contributed by atoms with Gasteiger partial charge in [0.1, 0.15) is 5.82 Å². The molecule has 0 fully saturated rings. The first-order valence-electron chi connectivity index (χ1n) is 8.46. The van der Waals surface area contributed by atoms with Crippen LogP contribution in [-0.2, 0) is 12.8 Å². The lowest BCUT2D eigenvalue weighted by Gasteiger charge is -2.24. The zero-order valence-electron chi connectivity index (χ0n) is 13.9. The molecule has 2 aromatic carbocycles. The first-order chi connectivity index (χ1) is 12.1. The Morgan fingerprint density at radius 1 is 1.04 bits per heavy atom. The van der Waals surface area contributed by atoms with Gasteiger partial charge in [0.2, 0.25) is 0 Å². The van der Waals surface area contributed by atoms with Crippen LogP contribution < -0.4 is 0 Å². The van der Waals surface area contributed by atoms with Gasteiger partial charge in [0, 0.05) is 0 Å². The number of rotatable bonds is 3. The Balaban J connectivity index is 1.85. The highest BCUT2D eigenvalue weighted by Crippen LogP contribution is 2.30. The third-order valence-electron chi connectivity index (χ3n) is 4.68. The lowest BCUT2D eigenvalue weighted by atomic mass is 9.81. The molecule has 0 saturated carbocycles. The van der Waals surface area contributed by atoms with Crippen molar-refractivity contribution in [3.05, 3.63) is 82.7 Å². The van der Waals surface area contributed by atoms with Crippen molar-refractivity contribution in [2.24, 2.45) is 5.92 Å². The highest BCUT2D eigenvalue weighted by molar-refractivity contribution is 5.47. The summed E-state index contributed by atoms with van der Waals surface area (Å²) in [7, 11) is 0. The molecule has 1 aliphatic carbocycles. The molecular formula is C22H19F3. The smallest absolute Gasteiger partial charge is 0.174 e. The van der Waals surface area contributed by atoms with E-state index in [-0.39, 0.29) is 11.1 Å². The van der Waals surface area contributed by atoms with Crippen molar-refractivity contribution in [2.75, 3.05) is 0 Å². The topological polar surface area (TPSA) is 0 Å². The summed E-state index contributed by atoms with van der Waals surface area (Å²) in [5.41, 5.74) is 2.29. The van der Waals surface area contributed by atoms with Crippen LogP contribution in [0.25, 0.3) is 0 Å². The van der Waals surface area contributed by atoms with E-state index in [1.54, 1.807) is 12.1 Å². The molecule has 0 nitrogen and oxygen atoms in total. The number of benzene rings is 2. The van der Waals surface area contributed by atoms with Gasteiger partial charge >= 0.3 is 0 Å². The number of hydrogen-bond acceptors (Lipinski definition) is 0. The van der Waals surface area contributed by atoms with Crippen LogP contribution in [-0.4, -0.2) is 0 Å². The van der Waals surface area contributed by atoms with E-state index in [2.05, 4.69) is 18.4 Å². The zero-order valence-corrected chi connectivity index (χ0v) is 13.9. The molecule has 3 heteroatoms. The highest BCUT2D eigenvalue weighted by atomic mass is 19.2. The summed E-state index contributed by atoms with van der Waals surface area (Å²) in [5.74, 6) is 3.38. The number of halogens is 3. The quantitative estimate of drug-likeness (QED) is 0.506. The molecule has 0 aliphatic heterocycles. The minimum Gasteiger partial charge on any atom is -0.206 e. The average molecular weight is 340 g/mol. The largest absolute Gasteiger partial charge is 0.206 e. The molecule has 0 heterocycles. The Bertz CT molecular complexity index is 856. The van der Waals surface area contributed by atoms with Crippen molar-refractivity contribution in [3.63, 3.8) is 0 Å². The van der Waals surface area contributed by atoms with Gasteiger partial charge < -0.3 is 0 Å². The zero-order chi connectivity index (χ0) is 17.8. The van der Waals surface area contributed by atoms with Crippen LogP contribution in [0.4, 0.5) is 13.2 Å². The lowest BCUT2D eigenvalue weighted by molar-refractivity contribution is 0.429. The number of hydrogen-bond donors (Lipinski definition) is 0. The van der Waals surface area contributed by atoms with E-state index in [1.165, 1.54) is 12.1 Å². The molecule has 0 N–H and O–H groups in total. The molecule has 0 spiro atoms. The standard InChI is InChI=1S/C22H19F3/c1-2-3-5-15-8-9-17-13-18(21(24)14-19(17)12-15)11-10-16-6-4-7-20(23)22(16)25/h2,4,6-7,13-15H,1,3,5,8-9,12H2. The van der Waals surface area contributed by atoms with Crippen LogP contribution in [0.1, 0.15) is 41.5 Å². The predicted octanol–water partition coefficient (Wildman–Crippen LogP) is 5.57. The van der Waals surface area contributed by atoms with Crippen molar-refractivity contribution in [3.8, 4) is 11.8 Å². The maximum atomic E-state index is 14.4. The van der Waals surface area contributed by atoms with E-state index in [0.29, 0.717) is 5.92 Å². The first-order valence-corrected chi connectivity index (χ1v) is 8.46. The first kappa shape index (κ1) is 17.4. The molecule has 0 bridgehead atoms. The molecule has 0 amide bonds. The molecule has 0 radical (unpaired) electrons. The Morgan fingerprint density at radius 2 is 1.84 bits per heavy atom. The summed E-state index contributed by atoms with van der Waals surface area (Å²) < 4.78 is 41.2. The summed E-state index contributed by atoms with van der Waals surface area (Å²) >= 11 is 0. The molecule has 0 aromatic heterocycles. The third-order valence-corrected chi connectivity index (χ3v) is 4.68. The Morgan fingerprint density at radius 3 is 2.64 bits per heavy atom. The fourth-order valence-corrected chi connectivity index (χ4v) is 3.29. The molecule has 2 aromatic rings. The van der Waals surface area contributed by atoms with Gasteiger partial charge in [-0.05, 0) is 73.4 Å². The van der Waals surface area contributed by atoms with Crippen LogP contribution in [0.15, 0.2) is 43.0 Å². The van der Waals surface area contributed by atoms with Gasteiger partial charge in [0.15, 0.2) is 11.6 Å². The van der Waals surface area contributed by atoms with E-state index in [0.717, 1.165) is 49.3 Å². The van der Waals surface area contributed by atoms with Crippen molar-refractivity contribution in [1.82, 2.24) is 0 Å². The number of aryl methyl sites for hydroxylation is 1. The monoisotopic (exact) mass is 340 g/mol. The lowest BCUT2D eigenvalue weighted by Crippen LogP contribution is -2.15. The summed E-state index contributed by atoms with van der Waals surface area (Å²) in [6.45, 7) is 3.75. The number of allylic oxidation sites excluding steroid dienone is 1. The van der Waals surface area contributed by atoms with Gasteiger partial charge in [-0.1, -0.05) is 24.0 Å². The summed E-state index contributed by atoms with van der Waals surface area (Å²) in [5, 5.41) is 0. The maximum Gasteiger partial charge on any atom is 0.174 e. The van der Waals surface area contributed by atoms with Crippen LogP contribution in [0.5, 0.6) is 0 Å². The second-order valence-electron chi connectivity index (χ2n) is 6.43. The minimum atomic E-state index is -1.00. The molecule has 128 valence electrons. The molecule has 1 atom stereocenters. The molecule has 3 rings (SSSR count).